The summed E-state index contributed by atoms with van der Waals surface area (Å²) < 4.78 is 17.3. The molecule has 158 valence electrons. The molecule has 0 atom stereocenters. The van der Waals surface area contributed by atoms with Gasteiger partial charge in [-0.1, -0.05) is 23.8 Å². The van der Waals surface area contributed by atoms with Crippen LogP contribution in [-0.2, 0) is 0 Å². The summed E-state index contributed by atoms with van der Waals surface area (Å²) in [6.45, 7) is 2.07. The Balaban J connectivity index is 1.69. The maximum atomic E-state index is 5.43. The second-order valence-electron chi connectivity index (χ2n) is 6.85. The lowest BCUT2D eigenvalue weighted by Crippen LogP contribution is -1.98. The highest BCUT2D eigenvalue weighted by Crippen LogP contribution is 2.38. The van der Waals surface area contributed by atoms with Crippen molar-refractivity contribution in [1.82, 2.24) is 9.97 Å². The first-order valence-corrected chi connectivity index (χ1v) is 10.6. The van der Waals surface area contributed by atoms with Gasteiger partial charge in [-0.25, -0.2) is 9.97 Å². The van der Waals surface area contributed by atoms with Gasteiger partial charge in [-0.2, -0.15) is 0 Å². The maximum Gasteiger partial charge on any atom is 0.203 e. The number of anilines is 2. The van der Waals surface area contributed by atoms with Gasteiger partial charge in [-0.15, -0.1) is 11.3 Å². The molecule has 1 N–H and O–H groups in total. The average molecular weight is 434 g/mol. The molecule has 0 aliphatic rings. The Bertz CT molecular complexity index is 1210. The summed E-state index contributed by atoms with van der Waals surface area (Å²) in [5, 5.41) is 5.44. The first-order chi connectivity index (χ1) is 15.1. The summed E-state index contributed by atoms with van der Waals surface area (Å²) in [5.74, 6) is 3.14. The molecule has 4 aromatic rings. The van der Waals surface area contributed by atoms with Crippen molar-refractivity contribution in [3.63, 3.8) is 0 Å². The third-order valence-electron chi connectivity index (χ3n) is 4.75. The Hall–Kier alpha value is -3.58. The van der Waals surface area contributed by atoms with E-state index in [9.17, 15) is 0 Å². The Morgan fingerprint density at radius 3 is 2.23 bits per heavy atom. The Morgan fingerprint density at radius 2 is 1.58 bits per heavy atom. The molecule has 31 heavy (non-hydrogen) atoms. The molecular weight excluding hydrogens is 410 g/mol. The second-order valence-corrected chi connectivity index (χ2v) is 7.76. The number of methoxy groups -OCH3 is 3. The zero-order valence-electron chi connectivity index (χ0n) is 17.8. The summed E-state index contributed by atoms with van der Waals surface area (Å²) >= 11 is 1.61. The van der Waals surface area contributed by atoms with Gasteiger partial charge in [-0.3, -0.25) is 0 Å². The Kier molecular flexibility index (Phi) is 6.04. The first-order valence-electron chi connectivity index (χ1n) is 9.68. The Morgan fingerprint density at radius 1 is 0.871 bits per heavy atom. The molecule has 0 amide bonds. The van der Waals surface area contributed by atoms with Crippen LogP contribution < -0.4 is 19.5 Å². The van der Waals surface area contributed by atoms with Gasteiger partial charge in [0.05, 0.1) is 31.5 Å². The fourth-order valence-corrected chi connectivity index (χ4v) is 3.96. The first kappa shape index (κ1) is 20.7. The maximum absolute atomic E-state index is 5.43. The summed E-state index contributed by atoms with van der Waals surface area (Å²) in [6.07, 6.45) is 3.80. The molecule has 2 heterocycles. The van der Waals surface area contributed by atoms with Gasteiger partial charge >= 0.3 is 0 Å². The highest BCUT2D eigenvalue weighted by Gasteiger charge is 2.12. The largest absolute Gasteiger partial charge is 0.493 e. The zero-order chi connectivity index (χ0) is 21.8. The van der Waals surface area contributed by atoms with E-state index in [0.29, 0.717) is 23.1 Å². The van der Waals surface area contributed by atoms with Gasteiger partial charge in [0.2, 0.25) is 5.75 Å². The summed E-state index contributed by atoms with van der Waals surface area (Å²) in [5.41, 5.74) is 3.98. The molecule has 4 rings (SSSR count). The van der Waals surface area contributed by atoms with Crippen molar-refractivity contribution in [1.29, 1.82) is 0 Å². The van der Waals surface area contributed by atoms with E-state index in [1.165, 1.54) is 5.56 Å². The van der Waals surface area contributed by atoms with Crippen LogP contribution in [0.1, 0.15) is 17.0 Å². The number of nitrogens with zero attached hydrogens (tertiary/aromatic N) is 2. The quantitative estimate of drug-likeness (QED) is 0.389. The molecule has 2 aromatic heterocycles. The van der Waals surface area contributed by atoms with Crippen molar-refractivity contribution in [2.45, 2.75) is 6.92 Å². The zero-order valence-corrected chi connectivity index (χ0v) is 18.6. The van der Waals surface area contributed by atoms with Gasteiger partial charge in [0.15, 0.2) is 23.1 Å². The highest BCUT2D eigenvalue weighted by atomic mass is 32.1. The second kappa shape index (κ2) is 9.06. The van der Waals surface area contributed by atoms with Crippen molar-refractivity contribution in [2.24, 2.45) is 0 Å². The molecular formula is C24H23N3O3S. The number of hydrogen-bond donors (Lipinski definition) is 1. The van der Waals surface area contributed by atoms with Crippen molar-refractivity contribution >= 4 is 45.2 Å². The number of rotatable bonds is 7. The van der Waals surface area contributed by atoms with Crippen molar-refractivity contribution in [3.8, 4) is 17.2 Å². The van der Waals surface area contributed by atoms with Crippen LogP contribution >= 0.6 is 11.3 Å². The van der Waals surface area contributed by atoms with Crippen LogP contribution in [0.2, 0.25) is 0 Å². The third-order valence-corrected chi connectivity index (χ3v) is 5.66. The number of ether oxygens (including phenoxy) is 3. The van der Waals surface area contributed by atoms with Crippen LogP contribution in [0.15, 0.2) is 47.8 Å². The summed E-state index contributed by atoms with van der Waals surface area (Å²) in [6, 6.07) is 14.0. The molecule has 0 bridgehead atoms. The van der Waals surface area contributed by atoms with Crippen LogP contribution in [0.3, 0.4) is 0 Å². The lowest BCUT2D eigenvalue weighted by atomic mass is 10.1. The van der Waals surface area contributed by atoms with E-state index in [1.807, 2.05) is 47.9 Å². The lowest BCUT2D eigenvalue weighted by molar-refractivity contribution is 0.324. The number of thiophene rings is 1. The number of nitrogens with one attached hydrogen (secondary N) is 1. The Labute approximate surface area is 185 Å². The van der Waals surface area contributed by atoms with E-state index in [4.69, 9.17) is 19.2 Å². The van der Waals surface area contributed by atoms with Crippen LogP contribution in [-0.4, -0.2) is 31.3 Å². The monoisotopic (exact) mass is 433 g/mol. The standard InChI is InChI=1S/C24H23N3O3S/c1-15-5-8-17(9-6-15)25-24-23-18(11-12-31-23)26-21(27-24)10-7-16-13-19(28-2)22(30-4)20(14-16)29-3/h5-14H,1-4H3,(H,25,26,27)/b10-7+. The fourth-order valence-electron chi connectivity index (χ4n) is 3.18. The molecule has 2 aromatic carbocycles. The number of benzene rings is 2. The predicted octanol–water partition coefficient (Wildman–Crippen LogP) is 5.94. The van der Waals surface area contributed by atoms with Gasteiger partial charge < -0.3 is 19.5 Å². The van der Waals surface area contributed by atoms with Gasteiger partial charge in [0, 0.05) is 5.69 Å². The topological polar surface area (TPSA) is 65.5 Å². The van der Waals surface area contributed by atoms with Crippen LogP contribution in [0.5, 0.6) is 17.2 Å². The smallest absolute Gasteiger partial charge is 0.203 e. The summed E-state index contributed by atoms with van der Waals surface area (Å²) in [7, 11) is 4.78. The minimum Gasteiger partial charge on any atom is -0.493 e. The SMILES string of the molecule is COc1cc(/C=C/c2nc(Nc3ccc(C)cc3)c3sccc3n2)cc(OC)c1OC. The summed E-state index contributed by atoms with van der Waals surface area (Å²) in [4.78, 5) is 9.41. The molecule has 0 saturated heterocycles. The minimum absolute atomic E-state index is 0.558. The van der Waals surface area contributed by atoms with Crippen LogP contribution in [0.4, 0.5) is 11.5 Å². The number of aromatic nitrogens is 2. The fraction of sp³-hybridized carbons (Fsp3) is 0.167. The van der Waals surface area contributed by atoms with E-state index < -0.39 is 0 Å². The van der Waals surface area contributed by atoms with Crippen LogP contribution in [0.25, 0.3) is 22.4 Å². The molecule has 0 radical (unpaired) electrons. The molecule has 7 heteroatoms. The molecule has 0 spiro atoms. The van der Waals surface area contributed by atoms with Gasteiger partial charge in [0.1, 0.15) is 0 Å². The van der Waals surface area contributed by atoms with Gasteiger partial charge in [-0.05, 0) is 54.3 Å². The van der Waals surface area contributed by atoms with E-state index in [2.05, 4.69) is 29.4 Å². The van der Waals surface area contributed by atoms with Crippen molar-refractivity contribution in [3.05, 3.63) is 64.8 Å². The normalized spacial score (nSPS) is 11.1. The lowest BCUT2D eigenvalue weighted by Gasteiger charge is -2.12. The molecule has 0 fully saturated rings. The third kappa shape index (κ3) is 4.46. The number of fused-ring (bicyclic) bond motifs is 1. The van der Waals surface area contributed by atoms with E-state index in [1.54, 1.807) is 32.7 Å². The van der Waals surface area contributed by atoms with Gasteiger partial charge in [0.25, 0.3) is 0 Å². The van der Waals surface area contributed by atoms with E-state index >= 15 is 0 Å². The number of hydrogen-bond acceptors (Lipinski definition) is 7. The number of aryl methyl sites for hydroxylation is 1. The van der Waals surface area contributed by atoms with E-state index in [0.717, 1.165) is 27.3 Å². The van der Waals surface area contributed by atoms with Crippen LogP contribution in [0, 0.1) is 6.92 Å². The molecule has 0 unspecified atom stereocenters. The predicted molar refractivity (Wildman–Crippen MR) is 127 cm³/mol. The minimum atomic E-state index is 0.558. The average Bonchev–Trinajstić information content (AvgIpc) is 3.27. The van der Waals surface area contributed by atoms with E-state index in [-0.39, 0.29) is 0 Å². The molecule has 0 aliphatic carbocycles. The van der Waals surface area contributed by atoms with Crippen molar-refractivity contribution in [2.75, 3.05) is 26.6 Å². The van der Waals surface area contributed by atoms with Crippen molar-refractivity contribution < 1.29 is 14.2 Å². The molecule has 0 aliphatic heterocycles. The highest BCUT2D eigenvalue weighted by molar-refractivity contribution is 7.17. The molecule has 6 nitrogen and oxygen atoms in total. The molecule has 0 saturated carbocycles.